The first-order valence-electron chi connectivity index (χ1n) is 10.4. The van der Waals surface area contributed by atoms with Gasteiger partial charge in [0.1, 0.15) is 5.75 Å². The van der Waals surface area contributed by atoms with Gasteiger partial charge in [-0.3, -0.25) is 9.59 Å². The second-order valence-electron chi connectivity index (χ2n) is 7.47. The van der Waals surface area contributed by atoms with Crippen LogP contribution in [0.3, 0.4) is 0 Å². The molecule has 0 N–H and O–H groups in total. The lowest BCUT2D eigenvalue weighted by Gasteiger charge is -2.35. The summed E-state index contributed by atoms with van der Waals surface area (Å²) in [5, 5.41) is 2.24. The molecule has 1 fully saturated rings. The number of piperazine rings is 1. The number of rotatable bonds is 6. The molecular formula is C25H26N2O3. The van der Waals surface area contributed by atoms with Gasteiger partial charge in [-0.1, -0.05) is 54.6 Å². The van der Waals surface area contributed by atoms with E-state index < -0.39 is 0 Å². The minimum absolute atomic E-state index is 0.0335. The smallest absolute Gasteiger partial charge is 0.253 e. The van der Waals surface area contributed by atoms with Crippen LogP contribution in [0.2, 0.25) is 0 Å². The minimum atomic E-state index is 0.0335. The highest BCUT2D eigenvalue weighted by molar-refractivity contribution is 5.94. The average molecular weight is 402 g/mol. The number of amides is 2. The lowest BCUT2D eigenvalue weighted by Crippen LogP contribution is -2.50. The molecule has 1 heterocycles. The molecule has 0 aromatic heterocycles. The van der Waals surface area contributed by atoms with Crippen molar-refractivity contribution >= 4 is 22.6 Å². The zero-order valence-corrected chi connectivity index (χ0v) is 17.0. The van der Waals surface area contributed by atoms with Crippen molar-refractivity contribution < 1.29 is 14.3 Å². The predicted octanol–water partition coefficient (Wildman–Crippen LogP) is 3.98. The molecule has 5 nitrogen and oxygen atoms in total. The second-order valence-corrected chi connectivity index (χ2v) is 7.47. The molecule has 0 saturated carbocycles. The van der Waals surface area contributed by atoms with Gasteiger partial charge in [-0.15, -0.1) is 0 Å². The van der Waals surface area contributed by atoms with Gasteiger partial charge >= 0.3 is 0 Å². The van der Waals surface area contributed by atoms with Crippen LogP contribution in [0, 0.1) is 0 Å². The van der Waals surface area contributed by atoms with E-state index in [0.29, 0.717) is 51.2 Å². The Hall–Kier alpha value is -3.34. The maximum atomic E-state index is 12.5. The Kier molecular flexibility index (Phi) is 6.28. The molecule has 0 unspecified atom stereocenters. The molecule has 4 rings (SSSR count). The Morgan fingerprint density at radius 3 is 2.23 bits per heavy atom. The Morgan fingerprint density at radius 2 is 1.43 bits per heavy atom. The van der Waals surface area contributed by atoms with Gasteiger partial charge in [-0.05, 0) is 30.0 Å². The zero-order chi connectivity index (χ0) is 20.8. The minimum Gasteiger partial charge on any atom is -0.493 e. The van der Waals surface area contributed by atoms with E-state index in [-0.39, 0.29) is 11.8 Å². The SMILES string of the molecule is O=C(CCCOc1cccc2ccccc12)N1CCN(C(=O)c2ccccc2)CC1. The number of nitrogens with zero attached hydrogens (tertiary/aromatic N) is 2. The first-order valence-corrected chi connectivity index (χ1v) is 10.4. The van der Waals surface area contributed by atoms with Crippen molar-refractivity contribution in [2.24, 2.45) is 0 Å². The first-order chi connectivity index (χ1) is 14.7. The molecule has 154 valence electrons. The molecule has 0 radical (unpaired) electrons. The first kappa shape index (κ1) is 20.0. The predicted molar refractivity (Wildman–Crippen MR) is 118 cm³/mol. The molecule has 1 saturated heterocycles. The maximum absolute atomic E-state index is 12.5. The van der Waals surface area contributed by atoms with Crippen molar-refractivity contribution in [1.82, 2.24) is 9.80 Å². The molecule has 0 atom stereocenters. The summed E-state index contributed by atoms with van der Waals surface area (Å²) in [6.45, 7) is 2.83. The number of hydrogen-bond donors (Lipinski definition) is 0. The number of benzene rings is 3. The molecule has 1 aliphatic rings. The number of carbonyl (C=O) groups excluding carboxylic acids is 2. The number of hydrogen-bond acceptors (Lipinski definition) is 3. The van der Waals surface area contributed by atoms with E-state index in [1.54, 1.807) is 0 Å². The maximum Gasteiger partial charge on any atom is 0.253 e. The molecule has 0 spiro atoms. The Balaban J connectivity index is 1.21. The Labute approximate surface area is 176 Å². The molecule has 5 heteroatoms. The van der Waals surface area contributed by atoms with Gasteiger partial charge in [-0.25, -0.2) is 0 Å². The van der Waals surface area contributed by atoms with E-state index in [4.69, 9.17) is 4.74 Å². The normalized spacial score (nSPS) is 14.0. The Morgan fingerprint density at radius 1 is 0.767 bits per heavy atom. The summed E-state index contributed by atoms with van der Waals surface area (Å²) >= 11 is 0. The van der Waals surface area contributed by atoms with E-state index >= 15 is 0 Å². The molecule has 30 heavy (non-hydrogen) atoms. The largest absolute Gasteiger partial charge is 0.493 e. The molecule has 3 aromatic rings. The highest BCUT2D eigenvalue weighted by Crippen LogP contribution is 2.25. The Bertz CT molecular complexity index is 1010. The number of fused-ring (bicyclic) bond motifs is 1. The fraction of sp³-hybridized carbons (Fsp3) is 0.280. The van der Waals surface area contributed by atoms with Crippen molar-refractivity contribution in [2.45, 2.75) is 12.8 Å². The molecule has 0 aliphatic carbocycles. The summed E-state index contributed by atoms with van der Waals surface area (Å²) in [5.74, 6) is 1.02. The van der Waals surface area contributed by atoms with Crippen LogP contribution in [-0.4, -0.2) is 54.4 Å². The van der Waals surface area contributed by atoms with Gasteiger partial charge in [0.2, 0.25) is 5.91 Å². The van der Waals surface area contributed by atoms with Crippen LogP contribution in [0.1, 0.15) is 23.2 Å². The summed E-state index contributed by atoms with van der Waals surface area (Å²) in [6.07, 6.45) is 1.13. The summed E-state index contributed by atoms with van der Waals surface area (Å²) < 4.78 is 5.93. The third-order valence-electron chi connectivity index (χ3n) is 5.48. The number of ether oxygens (including phenoxy) is 1. The monoisotopic (exact) mass is 402 g/mol. The quantitative estimate of drug-likeness (QED) is 0.586. The summed E-state index contributed by atoms with van der Waals surface area (Å²) in [4.78, 5) is 28.7. The van der Waals surface area contributed by atoms with E-state index in [2.05, 4.69) is 12.1 Å². The molecule has 3 aromatic carbocycles. The molecule has 0 bridgehead atoms. The lowest BCUT2D eigenvalue weighted by molar-refractivity contribution is -0.132. The third kappa shape index (κ3) is 4.62. The van der Waals surface area contributed by atoms with Crippen molar-refractivity contribution in [2.75, 3.05) is 32.8 Å². The van der Waals surface area contributed by atoms with Crippen molar-refractivity contribution in [3.05, 3.63) is 78.4 Å². The summed E-state index contributed by atoms with van der Waals surface area (Å²) in [7, 11) is 0. The highest BCUT2D eigenvalue weighted by Gasteiger charge is 2.24. The lowest BCUT2D eigenvalue weighted by atomic mass is 10.1. The summed E-state index contributed by atoms with van der Waals surface area (Å²) in [5.41, 5.74) is 0.697. The van der Waals surface area contributed by atoms with Crippen LogP contribution < -0.4 is 4.74 Å². The highest BCUT2D eigenvalue weighted by atomic mass is 16.5. The van der Waals surface area contributed by atoms with E-state index in [9.17, 15) is 9.59 Å². The fourth-order valence-electron chi connectivity index (χ4n) is 3.81. The zero-order valence-electron chi connectivity index (χ0n) is 17.0. The molecule has 2 amide bonds. The summed E-state index contributed by atoms with van der Waals surface area (Å²) in [6, 6.07) is 23.4. The van der Waals surface area contributed by atoms with Gasteiger partial charge in [0.05, 0.1) is 6.61 Å². The third-order valence-corrected chi connectivity index (χ3v) is 5.48. The topological polar surface area (TPSA) is 49.9 Å². The standard InChI is InChI=1S/C25H26N2O3/c28-24(14-7-19-30-23-13-6-11-20-8-4-5-12-22(20)23)26-15-17-27(18-16-26)25(29)21-9-2-1-3-10-21/h1-6,8-13H,7,14-19H2. The molecule has 1 aliphatic heterocycles. The average Bonchev–Trinajstić information content (AvgIpc) is 2.82. The van der Waals surface area contributed by atoms with Crippen LogP contribution >= 0.6 is 0 Å². The molecular weight excluding hydrogens is 376 g/mol. The van der Waals surface area contributed by atoms with Crippen molar-refractivity contribution in [3.63, 3.8) is 0 Å². The van der Waals surface area contributed by atoms with Gasteiger partial charge in [0, 0.05) is 43.5 Å². The van der Waals surface area contributed by atoms with E-state index in [1.807, 2.05) is 70.5 Å². The van der Waals surface area contributed by atoms with Crippen LogP contribution in [-0.2, 0) is 4.79 Å². The second kappa shape index (κ2) is 9.44. The van der Waals surface area contributed by atoms with Crippen LogP contribution in [0.4, 0.5) is 0 Å². The van der Waals surface area contributed by atoms with E-state index in [1.165, 1.54) is 0 Å². The van der Waals surface area contributed by atoms with Crippen molar-refractivity contribution in [3.8, 4) is 5.75 Å². The number of carbonyl (C=O) groups is 2. The van der Waals surface area contributed by atoms with Crippen molar-refractivity contribution in [1.29, 1.82) is 0 Å². The van der Waals surface area contributed by atoms with Gasteiger partial charge < -0.3 is 14.5 Å². The van der Waals surface area contributed by atoms with Gasteiger partial charge in [-0.2, -0.15) is 0 Å². The van der Waals surface area contributed by atoms with Gasteiger partial charge in [0.15, 0.2) is 0 Å². The van der Waals surface area contributed by atoms with Crippen LogP contribution in [0.25, 0.3) is 10.8 Å². The van der Waals surface area contributed by atoms with Crippen LogP contribution in [0.5, 0.6) is 5.75 Å². The van der Waals surface area contributed by atoms with Gasteiger partial charge in [0.25, 0.3) is 5.91 Å². The van der Waals surface area contributed by atoms with E-state index in [0.717, 1.165) is 16.5 Å². The fourth-order valence-corrected chi connectivity index (χ4v) is 3.81. The van der Waals surface area contributed by atoms with Crippen LogP contribution in [0.15, 0.2) is 72.8 Å².